The normalized spacial score (nSPS) is 14.0. The predicted octanol–water partition coefficient (Wildman–Crippen LogP) is 1.65. The van der Waals surface area contributed by atoms with Gasteiger partial charge in [-0.05, 0) is 12.1 Å². The average Bonchev–Trinajstić information content (AvgIpc) is 3.02. The van der Waals surface area contributed by atoms with E-state index >= 15 is 0 Å². The molecule has 2 amide bonds. The Labute approximate surface area is 141 Å². The summed E-state index contributed by atoms with van der Waals surface area (Å²) in [5.41, 5.74) is 0.384. The molecule has 0 saturated carbocycles. The van der Waals surface area contributed by atoms with E-state index in [-0.39, 0.29) is 30.4 Å². The maximum Gasteiger partial charge on any atom is 0.416 e. The molecule has 0 N–H and O–H groups in total. The highest BCUT2D eigenvalue weighted by molar-refractivity contribution is 7.99. The van der Waals surface area contributed by atoms with Gasteiger partial charge in [0.15, 0.2) is 5.16 Å². The molecule has 0 unspecified atom stereocenters. The number of benzene rings is 1. The minimum absolute atomic E-state index is 0.00295. The van der Waals surface area contributed by atoms with Gasteiger partial charge in [-0.2, -0.15) is 0 Å². The molecule has 1 fully saturated rings. The van der Waals surface area contributed by atoms with Gasteiger partial charge in [-0.25, -0.2) is 14.7 Å². The Hall–Kier alpha value is -2.61. The van der Waals surface area contributed by atoms with Gasteiger partial charge >= 0.3 is 6.09 Å². The molecule has 0 radical (unpaired) electrons. The second kappa shape index (κ2) is 6.88. The van der Waals surface area contributed by atoms with Crippen LogP contribution >= 0.6 is 11.8 Å². The van der Waals surface area contributed by atoms with E-state index in [4.69, 9.17) is 4.74 Å². The van der Waals surface area contributed by atoms with Crippen LogP contribution in [0.25, 0.3) is 10.9 Å². The number of thioether (sulfide) groups is 1. The maximum absolute atomic E-state index is 12.6. The monoisotopic (exact) mass is 345 g/mol. The number of carbonyl (C=O) groups is 2. The molecule has 8 heteroatoms. The first kappa shape index (κ1) is 16.3. The summed E-state index contributed by atoms with van der Waals surface area (Å²) in [6, 6.07) is 7.04. The lowest BCUT2D eigenvalue weighted by Gasteiger charge is -2.13. The number of amides is 2. The summed E-state index contributed by atoms with van der Waals surface area (Å²) in [4.78, 5) is 41.6. The molecule has 1 aliphatic rings. The third-order valence-electron chi connectivity index (χ3n) is 3.52. The van der Waals surface area contributed by atoms with Crippen molar-refractivity contribution in [1.29, 1.82) is 0 Å². The van der Waals surface area contributed by atoms with E-state index in [0.717, 1.165) is 16.7 Å². The number of ether oxygens (including phenoxy) is 1. The Morgan fingerprint density at radius 2 is 2.17 bits per heavy atom. The summed E-state index contributed by atoms with van der Waals surface area (Å²) in [5.74, 6) is -0.369. The van der Waals surface area contributed by atoms with Crippen LogP contribution < -0.4 is 5.56 Å². The maximum atomic E-state index is 12.6. The minimum atomic E-state index is -0.629. The zero-order chi connectivity index (χ0) is 17.1. The highest BCUT2D eigenvalue weighted by atomic mass is 32.2. The van der Waals surface area contributed by atoms with Gasteiger partial charge in [-0.1, -0.05) is 30.0 Å². The van der Waals surface area contributed by atoms with Crippen molar-refractivity contribution in [2.75, 3.05) is 18.9 Å². The molecule has 0 aliphatic carbocycles. The molecule has 2 heterocycles. The number of cyclic esters (lactones) is 1. The number of hydrogen-bond acceptors (Lipinski definition) is 6. The third kappa shape index (κ3) is 3.05. The molecule has 24 heavy (non-hydrogen) atoms. The number of hydrogen-bond donors (Lipinski definition) is 0. The number of nitrogens with zero attached hydrogens (tertiary/aromatic N) is 3. The van der Waals surface area contributed by atoms with Gasteiger partial charge < -0.3 is 4.74 Å². The Balaban J connectivity index is 1.89. The van der Waals surface area contributed by atoms with Crippen molar-refractivity contribution in [2.45, 2.75) is 11.7 Å². The van der Waals surface area contributed by atoms with Crippen LogP contribution in [0.3, 0.4) is 0 Å². The average molecular weight is 345 g/mol. The number of aromatic nitrogens is 2. The highest BCUT2D eigenvalue weighted by Crippen LogP contribution is 2.19. The minimum Gasteiger partial charge on any atom is -0.447 e. The van der Waals surface area contributed by atoms with Crippen molar-refractivity contribution in [1.82, 2.24) is 14.5 Å². The first-order valence-corrected chi connectivity index (χ1v) is 8.31. The lowest BCUT2D eigenvalue weighted by atomic mass is 10.2. The van der Waals surface area contributed by atoms with E-state index in [1.807, 2.05) is 0 Å². The highest BCUT2D eigenvalue weighted by Gasteiger charge is 2.28. The molecule has 1 aliphatic heterocycles. The Morgan fingerprint density at radius 3 is 2.88 bits per heavy atom. The number of imide groups is 1. The Kier molecular flexibility index (Phi) is 4.66. The molecule has 0 bridgehead atoms. The first-order chi connectivity index (χ1) is 11.6. The van der Waals surface area contributed by atoms with E-state index in [0.29, 0.717) is 22.6 Å². The number of para-hydroxylation sites is 1. The van der Waals surface area contributed by atoms with Crippen molar-refractivity contribution in [3.63, 3.8) is 0 Å². The van der Waals surface area contributed by atoms with Crippen molar-refractivity contribution in [2.24, 2.45) is 0 Å². The summed E-state index contributed by atoms with van der Waals surface area (Å²) in [6.07, 6.45) is 0.970. The van der Waals surface area contributed by atoms with Crippen LogP contribution in [-0.2, 0) is 16.1 Å². The molecule has 1 aromatic heterocycles. The largest absolute Gasteiger partial charge is 0.447 e. The molecule has 1 aromatic carbocycles. The molecule has 1 saturated heterocycles. The summed E-state index contributed by atoms with van der Waals surface area (Å²) in [5, 5.41) is 0.928. The van der Waals surface area contributed by atoms with Crippen molar-refractivity contribution in [3.05, 3.63) is 47.3 Å². The SMILES string of the molecule is C=CCn1c(SCC(=O)N2CCOC2=O)nc2ccccc2c1=O. The standard InChI is InChI=1S/C16H15N3O4S/c1-2-7-19-14(21)11-5-3-4-6-12(11)17-15(19)24-10-13(20)18-8-9-23-16(18)22/h2-6H,1,7-10H2. The number of allylic oxidation sites excluding steroid dienone is 1. The van der Waals surface area contributed by atoms with Gasteiger partial charge in [-0.15, -0.1) is 6.58 Å². The summed E-state index contributed by atoms with van der Waals surface area (Å²) in [6.45, 7) is 4.41. The molecule has 7 nitrogen and oxygen atoms in total. The van der Waals surface area contributed by atoms with Crippen LogP contribution in [0.5, 0.6) is 0 Å². The van der Waals surface area contributed by atoms with Crippen LogP contribution in [0.15, 0.2) is 46.9 Å². The molecule has 3 rings (SSSR count). The Bertz CT molecular complexity index is 877. The number of rotatable bonds is 5. The fourth-order valence-electron chi connectivity index (χ4n) is 2.37. The van der Waals surface area contributed by atoms with Gasteiger partial charge in [0.2, 0.25) is 5.91 Å². The van der Waals surface area contributed by atoms with Crippen molar-refractivity contribution < 1.29 is 14.3 Å². The zero-order valence-corrected chi connectivity index (χ0v) is 13.6. The van der Waals surface area contributed by atoms with Gasteiger partial charge in [-0.3, -0.25) is 14.2 Å². The number of fused-ring (bicyclic) bond motifs is 1. The van der Waals surface area contributed by atoms with Crippen LogP contribution in [-0.4, -0.2) is 45.4 Å². The third-order valence-corrected chi connectivity index (χ3v) is 4.49. The molecule has 0 atom stereocenters. The summed E-state index contributed by atoms with van der Waals surface area (Å²) < 4.78 is 6.22. The lowest BCUT2D eigenvalue weighted by Crippen LogP contribution is -2.33. The van der Waals surface area contributed by atoms with Crippen LogP contribution in [0, 0.1) is 0 Å². The van der Waals surface area contributed by atoms with Crippen LogP contribution in [0.2, 0.25) is 0 Å². The molecule has 2 aromatic rings. The van der Waals surface area contributed by atoms with Crippen molar-refractivity contribution in [3.8, 4) is 0 Å². The lowest BCUT2D eigenvalue weighted by molar-refractivity contribution is -0.125. The second-order valence-corrected chi connectivity index (χ2v) is 6.01. The predicted molar refractivity (Wildman–Crippen MR) is 90.0 cm³/mol. The number of carbonyl (C=O) groups excluding carboxylic acids is 2. The molecular formula is C16H15N3O4S. The van der Waals surface area contributed by atoms with E-state index < -0.39 is 6.09 Å². The van der Waals surface area contributed by atoms with Gasteiger partial charge in [0.1, 0.15) is 6.61 Å². The van der Waals surface area contributed by atoms with E-state index in [1.165, 1.54) is 4.57 Å². The van der Waals surface area contributed by atoms with E-state index in [9.17, 15) is 14.4 Å². The molecule has 0 spiro atoms. The summed E-state index contributed by atoms with van der Waals surface area (Å²) >= 11 is 1.12. The van der Waals surface area contributed by atoms with Crippen LogP contribution in [0.4, 0.5) is 4.79 Å². The van der Waals surface area contributed by atoms with E-state index in [2.05, 4.69) is 11.6 Å². The molecular weight excluding hydrogens is 330 g/mol. The molecule has 124 valence electrons. The zero-order valence-electron chi connectivity index (χ0n) is 12.8. The smallest absolute Gasteiger partial charge is 0.416 e. The van der Waals surface area contributed by atoms with Gasteiger partial charge in [0.05, 0.1) is 23.2 Å². The summed E-state index contributed by atoms with van der Waals surface area (Å²) in [7, 11) is 0. The van der Waals surface area contributed by atoms with E-state index in [1.54, 1.807) is 30.3 Å². The fraction of sp³-hybridized carbons (Fsp3) is 0.250. The quantitative estimate of drug-likeness (QED) is 0.466. The van der Waals surface area contributed by atoms with Gasteiger partial charge in [0, 0.05) is 6.54 Å². The van der Waals surface area contributed by atoms with Crippen molar-refractivity contribution >= 4 is 34.7 Å². The Morgan fingerprint density at radius 1 is 1.38 bits per heavy atom. The van der Waals surface area contributed by atoms with Crippen LogP contribution in [0.1, 0.15) is 0 Å². The second-order valence-electron chi connectivity index (χ2n) is 5.06. The first-order valence-electron chi connectivity index (χ1n) is 7.32. The fourth-order valence-corrected chi connectivity index (χ4v) is 3.26. The topological polar surface area (TPSA) is 81.5 Å². The van der Waals surface area contributed by atoms with Gasteiger partial charge in [0.25, 0.3) is 5.56 Å².